The number of amides is 1. The number of nitrogens with zero attached hydrogens (tertiary/aromatic N) is 2. The molecule has 0 aliphatic heterocycles. The van der Waals surface area contributed by atoms with Crippen LogP contribution in [0.25, 0.3) is 10.2 Å². The maximum absolute atomic E-state index is 13.5. The van der Waals surface area contributed by atoms with E-state index < -0.39 is 9.84 Å². The summed E-state index contributed by atoms with van der Waals surface area (Å²) < 4.78 is 25.2. The molecule has 0 fully saturated rings. The summed E-state index contributed by atoms with van der Waals surface area (Å²) >= 11 is 1.47. The highest BCUT2D eigenvalue weighted by atomic mass is 32.2. The zero-order valence-electron chi connectivity index (χ0n) is 17.3. The summed E-state index contributed by atoms with van der Waals surface area (Å²) in [6, 6.07) is 21.9. The molecule has 1 amide bonds. The number of aryl methyl sites for hydroxylation is 1. The summed E-state index contributed by atoms with van der Waals surface area (Å²) in [5.74, 6) is -0.203. The van der Waals surface area contributed by atoms with Gasteiger partial charge in [-0.2, -0.15) is 0 Å². The van der Waals surface area contributed by atoms with Gasteiger partial charge in [0.25, 0.3) is 5.91 Å². The summed E-state index contributed by atoms with van der Waals surface area (Å²) in [6.45, 7) is 4.00. The smallest absolute Gasteiger partial charge is 0.260 e. The fourth-order valence-corrected chi connectivity index (χ4v) is 5.20. The summed E-state index contributed by atoms with van der Waals surface area (Å²) in [5, 5.41) is 0.611. The Morgan fingerprint density at radius 1 is 1.00 bits per heavy atom. The first-order valence-electron chi connectivity index (χ1n) is 9.93. The van der Waals surface area contributed by atoms with Crippen LogP contribution in [0.1, 0.15) is 28.4 Å². The minimum atomic E-state index is -3.32. The Hall–Kier alpha value is -3.03. The Morgan fingerprint density at radius 3 is 2.39 bits per heavy atom. The number of benzene rings is 3. The zero-order valence-corrected chi connectivity index (χ0v) is 18.9. The summed E-state index contributed by atoms with van der Waals surface area (Å²) in [5.41, 5.74) is 3.38. The van der Waals surface area contributed by atoms with Crippen LogP contribution in [-0.4, -0.2) is 25.1 Å². The molecule has 0 unspecified atom stereocenters. The van der Waals surface area contributed by atoms with Gasteiger partial charge >= 0.3 is 0 Å². The van der Waals surface area contributed by atoms with E-state index in [1.165, 1.54) is 23.5 Å². The van der Waals surface area contributed by atoms with E-state index in [2.05, 4.69) is 6.07 Å². The van der Waals surface area contributed by atoms with Crippen molar-refractivity contribution in [1.29, 1.82) is 0 Å². The molecule has 7 heteroatoms. The highest BCUT2D eigenvalue weighted by molar-refractivity contribution is 7.91. The molecule has 5 nitrogen and oxygen atoms in total. The molecule has 158 valence electrons. The van der Waals surface area contributed by atoms with E-state index in [4.69, 9.17) is 4.98 Å². The Kier molecular flexibility index (Phi) is 5.89. The molecule has 0 N–H and O–H groups in total. The average molecular weight is 451 g/mol. The fourth-order valence-electron chi connectivity index (χ4n) is 3.25. The van der Waals surface area contributed by atoms with Crippen molar-refractivity contribution >= 4 is 42.4 Å². The van der Waals surface area contributed by atoms with Crippen LogP contribution in [0.2, 0.25) is 0 Å². The van der Waals surface area contributed by atoms with Gasteiger partial charge < -0.3 is 0 Å². The van der Waals surface area contributed by atoms with Crippen molar-refractivity contribution < 1.29 is 13.2 Å². The van der Waals surface area contributed by atoms with E-state index in [-0.39, 0.29) is 16.6 Å². The first-order valence-corrected chi connectivity index (χ1v) is 12.4. The van der Waals surface area contributed by atoms with Crippen molar-refractivity contribution in [3.8, 4) is 0 Å². The second-order valence-electron chi connectivity index (χ2n) is 7.27. The van der Waals surface area contributed by atoms with Crippen LogP contribution >= 0.6 is 11.3 Å². The number of hydrogen-bond acceptors (Lipinski definition) is 5. The third kappa shape index (κ3) is 4.52. The first kappa shape index (κ1) is 21.2. The molecule has 0 atom stereocenters. The zero-order chi connectivity index (χ0) is 22.0. The quantitative estimate of drug-likeness (QED) is 0.403. The molecule has 0 aliphatic carbocycles. The number of carbonyl (C=O) groups excluding carboxylic acids is 1. The highest BCUT2D eigenvalue weighted by Crippen LogP contribution is 2.31. The van der Waals surface area contributed by atoms with Crippen molar-refractivity contribution in [2.75, 3.05) is 10.7 Å². The Morgan fingerprint density at radius 2 is 1.71 bits per heavy atom. The third-order valence-electron chi connectivity index (χ3n) is 5.03. The normalized spacial score (nSPS) is 11.5. The van der Waals surface area contributed by atoms with Gasteiger partial charge in [-0.05, 0) is 54.4 Å². The number of carbonyl (C=O) groups is 1. The SMILES string of the molecule is CCS(=O)(=O)c1ccc(C(=O)N(Cc2ccccc2)c2nc3ccc(C)cc3s2)cc1. The number of sulfone groups is 1. The average Bonchev–Trinajstić information content (AvgIpc) is 3.20. The second kappa shape index (κ2) is 8.61. The highest BCUT2D eigenvalue weighted by Gasteiger charge is 2.22. The van der Waals surface area contributed by atoms with Gasteiger partial charge in [-0.15, -0.1) is 0 Å². The number of rotatable bonds is 6. The van der Waals surface area contributed by atoms with Gasteiger partial charge in [0.1, 0.15) is 0 Å². The van der Waals surface area contributed by atoms with Crippen molar-refractivity contribution in [2.24, 2.45) is 0 Å². The lowest BCUT2D eigenvalue weighted by molar-refractivity contribution is 0.0985. The molecular formula is C24H22N2O3S2. The largest absolute Gasteiger partial charge is 0.279 e. The van der Waals surface area contributed by atoms with Gasteiger partial charge in [-0.3, -0.25) is 9.69 Å². The van der Waals surface area contributed by atoms with Gasteiger partial charge in [0.05, 0.1) is 27.4 Å². The number of anilines is 1. The standard InChI is InChI=1S/C24H22N2O3S2/c1-3-31(28,29)20-12-10-19(11-13-20)23(27)26(16-18-7-5-4-6-8-18)24-25-21-14-9-17(2)15-22(21)30-24/h4-15H,3,16H2,1-2H3. The molecule has 1 aromatic heterocycles. The summed E-state index contributed by atoms with van der Waals surface area (Å²) in [4.78, 5) is 20.0. The van der Waals surface area contributed by atoms with Gasteiger partial charge in [0.15, 0.2) is 15.0 Å². The Balaban J connectivity index is 1.73. The minimum Gasteiger partial charge on any atom is -0.279 e. The molecular weight excluding hydrogens is 428 g/mol. The van der Waals surface area contributed by atoms with E-state index in [0.717, 1.165) is 21.3 Å². The van der Waals surface area contributed by atoms with E-state index in [1.807, 2.05) is 49.4 Å². The van der Waals surface area contributed by atoms with Gasteiger partial charge in [0, 0.05) is 5.56 Å². The van der Waals surface area contributed by atoms with Crippen LogP contribution in [0.3, 0.4) is 0 Å². The van der Waals surface area contributed by atoms with Crippen LogP contribution in [0.15, 0.2) is 77.7 Å². The Labute approximate surface area is 185 Å². The number of thiazole rings is 1. The predicted octanol–water partition coefficient (Wildman–Crippen LogP) is 5.25. The number of hydrogen-bond donors (Lipinski definition) is 0. The number of fused-ring (bicyclic) bond motifs is 1. The van der Waals surface area contributed by atoms with Crippen molar-refractivity contribution in [1.82, 2.24) is 4.98 Å². The van der Waals surface area contributed by atoms with Crippen molar-refractivity contribution in [3.63, 3.8) is 0 Å². The molecule has 3 aromatic carbocycles. The van der Waals surface area contributed by atoms with Gasteiger partial charge in [-0.25, -0.2) is 13.4 Å². The molecule has 0 bridgehead atoms. The van der Waals surface area contributed by atoms with Crippen LogP contribution < -0.4 is 4.90 Å². The molecule has 0 spiro atoms. The molecule has 4 rings (SSSR count). The van der Waals surface area contributed by atoms with E-state index >= 15 is 0 Å². The van der Waals surface area contributed by atoms with Gasteiger partial charge in [-0.1, -0.05) is 54.7 Å². The monoisotopic (exact) mass is 450 g/mol. The van der Waals surface area contributed by atoms with E-state index in [1.54, 1.807) is 24.0 Å². The predicted molar refractivity (Wildman–Crippen MR) is 125 cm³/mol. The van der Waals surface area contributed by atoms with Crippen LogP contribution in [-0.2, 0) is 16.4 Å². The van der Waals surface area contributed by atoms with Crippen LogP contribution in [0, 0.1) is 6.92 Å². The van der Waals surface area contributed by atoms with Crippen molar-refractivity contribution in [3.05, 3.63) is 89.5 Å². The maximum Gasteiger partial charge on any atom is 0.260 e. The molecule has 4 aromatic rings. The summed E-state index contributed by atoms with van der Waals surface area (Å²) in [7, 11) is -3.32. The van der Waals surface area contributed by atoms with Crippen molar-refractivity contribution in [2.45, 2.75) is 25.3 Å². The topological polar surface area (TPSA) is 67.3 Å². The molecule has 0 radical (unpaired) electrons. The van der Waals surface area contributed by atoms with E-state index in [9.17, 15) is 13.2 Å². The molecule has 0 saturated carbocycles. The molecule has 1 heterocycles. The lowest BCUT2D eigenvalue weighted by atomic mass is 10.1. The van der Waals surface area contributed by atoms with Crippen LogP contribution in [0.5, 0.6) is 0 Å². The fraction of sp³-hybridized carbons (Fsp3) is 0.167. The molecule has 31 heavy (non-hydrogen) atoms. The Bertz CT molecular complexity index is 1330. The van der Waals surface area contributed by atoms with E-state index in [0.29, 0.717) is 17.2 Å². The number of aromatic nitrogens is 1. The first-order chi connectivity index (χ1) is 14.9. The summed E-state index contributed by atoms with van der Waals surface area (Å²) in [6.07, 6.45) is 0. The molecule has 0 saturated heterocycles. The van der Waals surface area contributed by atoms with Gasteiger partial charge in [0.2, 0.25) is 0 Å². The maximum atomic E-state index is 13.5. The van der Waals surface area contributed by atoms with Crippen LogP contribution in [0.4, 0.5) is 5.13 Å². The lowest BCUT2D eigenvalue weighted by Gasteiger charge is -2.20. The lowest BCUT2D eigenvalue weighted by Crippen LogP contribution is -2.30. The molecule has 0 aliphatic rings. The third-order valence-corrected chi connectivity index (χ3v) is 7.82. The minimum absolute atomic E-state index is 0.0194. The second-order valence-corrected chi connectivity index (χ2v) is 10.6.